The molecular weight excluding hydrogens is 308 g/mol. The van der Waals surface area contributed by atoms with Gasteiger partial charge in [0, 0.05) is 22.4 Å². The van der Waals surface area contributed by atoms with Crippen molar-refractivity contribution < 1.29 is 0 Å². The fourth-order valence-electron chi connectivity index (χ4n) is 1.84. The number of nitrogens with one attached hydrogen (secondary N) is 1. The highest BCUT2D eigenvalue weighted by Crippen LogP contribution is 2.32. The van der Waals surface area contributed by atoms with Gasteiger partial charge in [0.15, 0.2) is 0 Å². The third-order valence-electron chi connectivity index (χ3n) is 2.98. The number of thiophene rings is 1. The van der Waals surface area contributed by atoms with Crippen molar-refractivity contribution >= 4 is 27.3 Å². The lowest BCUT2D eigenvalue weighted by Gasteiger charge is -2.24. The summed E-state index contributed by atoms with van der Waals surface area (Å²) in [5.74, 6) is 0. The molecule has 0 radical (unpaired) electrons. The van der Waals surface area contributed by atoms with E-state index in [1.807, 2.05) is 11.3 Å². The molecule has 0 bridgehead atoms. The van der Waals surface area contributed by atoms with Crippen molar-refractivity contribution in [2.45, 2.75) is 51.5 Å². The Morgan fingerprint density at radius 3 is 2.44 bits per heavy atom. The van der Waals surface area contributed by atoms with Gasteiger partial charge in [0.05, 0.1) is 3.79 Å². The molecule has 0 aliphatic rings. The first-order valence-corrected chi connectivity index (χ1v) is 8.07. The SMILES string of the molecule is CC(C)(N)CCCNCC(C)(C)c1ccc(Br)s1. The van der Waals surface area contributed by atoms with Gasteiger partial charge in [0.1, 0.15) is 0 Å². The van der Waals surface area contributed by atoms with E-state index in [1.54, 1.807) is 0 Å². The van der Waals surface area contributed by atoms with Gasteiger partial charge in [-0.3, -0.25) is 0 Å². The Morgan fingerprint density at radius 1 is 1.28 bits per heavy atom. The number of rotatable bonds is 7. The molecule has 0 amide bonds. The Bertz CT molecular complexity index is 366. The summed E-state index contributed by atoms with van der Waals surface area (Å²) in [5.41, 5.74) is 6.11. The normalized spacial score (nSPS) is 13.0. The van der Waals surface area contributed by atoms with Crippen LogP contribution in [0.3, 0.4) is 0 Å². The molecule has 0 fully saturated rings. The van der Waals surface area contributed by atoms with Gasteiger partial charge in [-0.15, -0.1) is 11.3 Å². The molecule has 18 heavy (non-hydrogen) atoms. The molecular formula is C14H25BrN2S. The first kappa shape index (κ1) is 16.2. The van der Waals surface area contributed by atoms with Crippen LogP contribution in [0.5, 0.6) is 0 Å². The van der Waals surface area contributed by atoms with E-state index < -0.39 is 0 Å². The molecule has 0 unspecified atom stereocenters. The molecule has 0 atom stereocenters. The smallest absolute Gasteiger partial charge is 0.0701 e. The lowest BCUT2D eigenvalue weighted by molar-refractivity contribution is 0.426. The Kier molecular flexibility index (Phi) is 5.84. The average Bonchev–Trinajstić information content (AvgIpc) is 2.63. The summed E-state index contributed by atoms with van der Waals surface area (Å²) in [6, 6.07) is 4.33. The monoisotopic (exact) mass is 332 g/mol. The highest BCUT2D eigenvalue weighted by Gasteiger charge is 2.22. The van der Waals surface area contributed by atoms with Crippen LogP contribution in [-0.2, 0) is 5.41 Å². The van der Waals surface area contributed by atoms with Gasteiger partial charge in [0.2, 0.25) is 0 Å². The van der Waals surface area contributed by atoms with Crippen LogP contribution in [0.1, 0.15) is 45.4 Å². The Balaban J connectivity index is 2.30. The van der Waals surface area contributed by atoms with Crippen LogP contribution >= 0.6 is 27.3 Å². The quantitative estimate of drug-likeness (QED) is 0.743. The minimum atomic E-state index is -0.0458. The zero-order chi connectivity index (χ0) is 13.8. The van der Waals surface area contributed by atoms with Crippen molar-refractivity contribution in [1.82, 2.24) is 5.32 Å². The van der Waals surface area contributed by atoms with Crippen molar-refractivity contribution in [3.8, 4) is 0 Å². The molecule has 4 heteroatoms. The Labute approximate surface area is 123 Å². The van der Waals surface area contributed by atoms with Crippen molar-refractivity contribution in [2.75, 3.05) is 13.1 Å². The molecule has 1 aromatic heterocycles. The zero-order valence-corrected chi connectivity index (χ0v) is 14.2. The van der Waals surface area contributed by atoms with Crippen LogP contribution in [0, 0.1) is 0 Å². The van der Waals surface area contributed by atoms with Crippen molar-refractivity contribution in [3.05, 3.63) is 20.8 Å². The molecule has 104 valence electrons. The molecule has 0 aliphatic heterocycles. The fraction of sp³-hybridized carbons (Fsp3) is 0.714. The maximum absolute atomic E-state index is 5.97. The minimum Gasteiger partial charge on any atom is -0.326 e. The maximum Gasteiger partial charge on any atom is 0.0701 e. The highest BCUT2D eigenvalue weighted by atomic mass is 79.9. The molecule has 0 aromatic carbocycles. The second-order valence-electron chi connectivity index (χ2n) is 6.26. The molecule has 1 heterocycles. The average molecular weight is 333 g/mol. The van der Waals surface area contributed by atoms with E-state index in [0.29, 0.717) is 0 Å². The summed E-state index contributed by atoms with van der Waals surface area (Å²) >= 11 is 5.34. The second-order valence-corrected chi connectivity index (χ2v) is 8.72. The highest BCUT2D eigenvalue weighted by molar-refractivity contribution is 9.11. The molecule has 0 saturated heterocycles. The van der Waals surface area contributed by atoms with Crippen molar-refractivity contribution in [2.24, 2.45) is 5.73 Å². The number of halogens is 1. The number of hydrogen-bond donors (Lipinski definition) is 2. The molecule has 1 rings (SSSR count). The Morgan fingerprint density at radius 2 is 1.94 bits per heavy atom. The van der Waals surface area contributed by atoms with E-state index >= 15 is 0 Å². The third-order valence-corrected chi connectivity index (χ3v) is 4.97. The van der Waals surface area contributed by atoms with Crippen molar-refractivity contribution in [1.29, 1.82) is 0 Å². The van der Waals surface area contributed by atoms with E-state index in [-0.39, 0.29) is 11.0 Å². The fourth-order valence-corrected chi connectivity index (χ4v) is 3.32. The summed E-state index contributed by atoms with van der Waals surface area (Å²) in [6.45, 7) is 10.8. The third kappa shape index (κ3) is 5.83. The summed E-state index contributed by atoms with van der Waals surface area (Å²) in [6.07, 6.45) is 2.19. The molecule has 0 saturated carbocycles. The van der Waals surface area contributed by atoms with E-state index in [4.69, 9.17) is 5.73 Å². The van der Waals surface area contributed by atoms with Crippen LogP contribution in [0.25, 0.3) is 0 Å². The van der Waals surface area contributed by atoms with Crippen LogP contribution in [0.4, 0.5) is 0 Å². The maximum atomic E-state index is 5.97. The lowest BCUT2D eigenvalue weighted by Crippen LogP contribution is -2.35. The summed E-state index contributed by atoms with van der Waals surface area (Å²) in [7, 11) is 0. The first-order valence-electron chi connectivity index (χ1n) is 6.46. The predicted molar refractivity (Wildman–Crippen MR) is 85.4 cm³/mol. The van der Waals surface area contributed by atoms with Crippen LogP contribution in [0.15, 0.2) is 15.9 Å². The van der Waals surface area contributed by atoms with Crippen LogP contribution < -0.4 is 11.1 Å². The van der Waals surface area contributed by atoms with Gasteiger partial charge < -0.3 is 11.1 Å². The van der Waals surface area contributed by atoms with Gasteiger partial charge in [0.25, 0.3) is 0 Å². The van der Waals surface area contributed by atoms with Crippen molar-refractivity contribution in [3.63, 3.8) is 0 Å². The summed E-state index contributed by atoms with van der Waals surface area (Å²) in [4.78, 5) is 1.42. The molecule has 1 aromatic rings. The summed E-state index contributed by atoms with van der Waals surface area (Å²) in [5, 5.41) is 3.54. The van der Waals surface area contributed by atoms with Gasteiger partial charge in [-0.25, -0.2) is 0 Å². The van der Waals surface area contributed by atoms with E-state index in [0.717, 1.165) is 25.9 Å². The van der Waals surface area contributed by atoms with Gasteiger partial charge >= 0.3 is 0 Å². The van der Waals surface area contributed by atoms with E-state index in [1.165, 1.54) is 8.66 Å². The topological polar surface area (TPSA) is 38.0 Å². The number of nitrogens with two attached hydrogens (primary N) is 1. The standard InChI is InChI=1S/C14H25BrN2S/c1-13(2,11-6-7-12(15)18-11)10-17-9-5-8-14(3,4)16/h6-7,17H,5,8-10,16H2,1-4H3. The Hall–Kier alpha value is 0.1000. The zero-order valence-electron chi connectivity index (χ0n) is 11.8. The number of hydrogen-bond acceptors (Lipinski definition) is 3. The lowest BCUT2D eigenvalue weighted by atomic mass is 9.91. The van der Waals surface area contributed by atoms with Gasteiger partial charge in [-0.05, 0) is 61.3 Å². The molecule has 2 nitrogen and oxygen atoms in total. The van der Waals surface area contributed by atoms with Crippen LogP contribution in [-0.4, -0.2) is 18.6 Å². The van der Waals surface area contributed by atoms with Gasteiger partial charge in [-0.2, -0.15) is 0 Å². The van der Waals surface area contributed by atoms with E-state index in [2.05, 4.69) is 61.1 Å². The van der Waals surface area contributed by atoms with E-state index in [9.17, 15) is 0 Å². The predicted octanol–water partition coefficient (Wildman–Crippen LogP) is 3.90. The molecule has 0 spiro atoms. The minimum absolute atomic E-state index is 0.0458. The molecule has 0 aliphatic carbocycles. The second kappa shape index (κ2) is 6.51. The largest absolute Gasteiger partial charge is 0.326 e. The van der Waals surface area contributed by atoms with Gasteiger partial charge in [-0.1, -0.05) is 13.8 Å². The first-order chi connectivity index (χ1) is 8.21. The molecule has 3 N–H and O–H groups in total. The van der Waals surface area contributed by atoms with Crippen LogP contribution in [0.2, 0.25) is 0 Å². The summed E-state index contributed by atoms with van der Waals surface area (Å²) < 4.78 is 1.20.